The fourth-order valence-corrected chi connectivity index (χ4v) is 2.30. The third kappa shape index (κ3) is 5.51. The first-order valence-electron chi connectivity index (χ1n) is 6.89. The van der Waals surface area contributed by atoms with Gasteiger partial charge in [-0.3, -0.25) is 4.79 Å². The van der Waals surface area contributed by atoms with E-state index in [-0.39, 0.29) is 24.6 Å². The predicted molar refractivity (Wildman–Crippen MR) is 84.9 cm³/mol. The van der Waals surface area contributed by atoms with Crippen molar-refractivity contribution < 1.29 is 9.53 Å². The number of halogens is 1. The van der Waals surface area contributed by atoms with Crippen LogP contribution in [0, 0.1) is 0 Å². The van der Waals surface area contributed by atoms with E-state index in [0.29, 0.717) is 12.2 Å². The molecule has 1 rings (SSSR count). The molecule has 5 heteroatoms. The lowest BCUT2D eigenvalue weighted by Gasteiger charge is -2.16. The molecule has 0 saturated heterocycles. The number of hydrogen-bond acceptors (Lipinski definition) is 3. The van der Waals surface area contributed by atoms with Crippen molar-refractivity contribution in [1.29, 1.82) is 0 Å². The van der Waals surface area contributed by atoms with Crippen LogP contribution in [0.3, 0.4) is 0 Å². The van der Waals surface area contributed by atoms with E-state index < -0.39 is 0 Å². The maximum Gasteiger partial charge on any atom is 0.258 e. The Morgan fingerprint density at radius 3 is 2.75 bits per heavy atom. The summed E-state index contributed by atoms with van der Waals surface area (Å²) in [6, 6.07) is 6.01. The normalized spacial score (nSPS) is 13.7. The monoisotopic (exact) mass is 342 g/mol. The first kappa shape index (κ1) is 17.0. The van der Waals surface area contributed by atoms with E-state index in [4.69, 9.17) is 10.5 Å². The largest absolute Gasteiger partial charge is 0.482 e. The van der Waals surface area contributed by atoms with Crippen LogP contribution >= 0.6 is 15.9 Å². The second-order valence-corrected chi connectivity index (χ2v) is 5.93. The van der Waals surface area contributed by atoms with Crippen molar-refractivity contribution >= 4 is 21.8 Å². The molecule has 0 fully saturated rings. The molecular weight excluding hydrogens is 320 g/mol. The fraction of sp³-hybridized carbons (Fsp3) is 0.533. The molecule has 0 radical (unpaired) electrons. The van der Waals surface area contributed by atoms with Crippen molar-refractivity contribution in [3.63, 3.8) is 0 Å². The van der Waals surface area contributed by atoms with Crippen LogP contribution in [0.4, 0.5) is 0 Å². The van der Waals surface area contributed by atoms with Crippen molar-refractivity contribution in [2.24, 2.45) is 5.73 Å². The van der Waals surface area contributed by atoms with Gasteiger partial charge in [-0.15, -0.1) is 0 Å². The van der Waals surface area contributed by atoms with Crippen LogP contribution in [0.25, 0.3) is 0 Å². The smallest absolute Gasteiger partial charge is 0.258 e. The van der Waals surface area contributed by atoms with E-state index in [0.717, 1.165) is 16.5 Å². The summed E-state index contributed by atoms with van der Waals surface area (Å²) in [4.78, 5) is 11.8. The first-order chi connectivity index (χ1) is 9.43. The lowest BCUT2D eigenvalue weighted by molar-refractivity contribution is -0.123. The lowest BCUT2D eigenvalue weighted by atomic mass is 10.1. The predicted octanol–water partition coefficient (Wildman–Crippen LogP) is 2.63. The molecular formula is C15H23BrN2O2. The van der Waals surface area contributed by atoms with Gasteiger partial charge >= 0.3 is 0 Å². The van der Waals surface area contributed by atoms with Crippen molar-refractivity contribution in [1.82, 2.24) is 5.32 Å². The summed E-state index contributed by atoms with van der Waals surface area (Å²) in [5.74, 6) is 0.589. The van der Waals surface area contributed by atoms with E-state index in [9.17, 15) is 4.79 Å². The van der Waals surface area contributed by atoms with Crippen LogP contribution in [0.2, 0.25) is 0 Å². The van der Waals surface area contributed by atoms with E-state index in [1.807, 2.05) is 39.0 Å². The van der Waals surface area contributed by atoms with Crippen LogP contribution < -0.4 is 15.8 Å². The molecule has 0 spiro atoms. The molecule has 2 unspecified atom stereocenters. The molecule has 20 heavy (non-hydrogen) atoms. The number of ether oxygens (including phenoxy) is 1. The minimum absolute atomic E-state index is 0.0128. The number of amides is 1. The minimum atomic E-state index is -0.109. The van der Waals surface area contributed by atoms with Crippen molar-refractivity contribution in [2.45, 2.75) is 45.7 Å². The molecule has 112 valence electrons. The molecule has 1 aromatic rings. The Labute approximate surface area is 129 Å². The van der Waals surface area contributed by atoms with Gasteiger partial charge < -0.3 is 15.8 Å². The summed E-state index contributed by atoms with van der Waals surface area (Å²) < 4.78 is 6.50. The summed E-state index contributed by atoms with van der Waals surface area (Å²) in [5.41, 5.74) is 6.84. The average Bonchev–Trinajstić information content (AvgIpc) is 2.37. The quantitative estimate of drug-likeness (QED) is 0.800. The number of hydrogen-bond donors (Lipinski definition) is 2. The maximum atomic E-state index is 11.8. The van der Waals surface area contributed by atoms with Crippen LogP contribution in [-0.2, 0) is 11.2 Å². The summed E-state index contributed by atoms with van der Waals surface area (Å²) >= 11 is 3.45. The Hall–Kier alpha value is -1.07. The van der Waals surface area contributed by atoms with Gasteiger partial charge in [-0.2, -0.15) is 0 Å². The van der Waals surface area contributed by atoms with E-state index >= 15 is 0 Å². The molecule has 0 heterocycles. The zero-order valence-corrected chi connectivity index (χ0v) is 13.9. The number of nitrogens with two attached hydrogens (primary N) is 1. The molecule has 3 N–H and O–H groups in total. The fourth-order valence-electron chi connectivity index (χ4n) is 1.78. The second-order valence-electron chi connectivity index (χ2n) is 5.07. The third-order valence-electron chi connectivity index (χ3n) is 2.96. The summed E-state index contributed by atoms with van der Waals surface area (Å²) in [6.45, 7) is 5.96. The minimum Gasteiger partial charge on any atom is -0.482 e. The van der Waals surface area contributed by atoms with Gasteiger partial charge in [0, 0.05) is 12.1 Å². The van der Waals surface area contributed by atoms with Crippen molar-refractivity contribution in [2.75, 3.05) is 6.61 Å². The molecule has 0 saturated carbocycles. The van der Waals surface area contributed by atoms with Gasteiger partial charge in [0.2, 0.25) is 0 Å². The van der Waals surface area contributed by atoms with Gasteiger partial charge in [-0.25, -0.2) is 0 Å². The maximum absolute atomic E-state index is 11.8. The zero-order valence-electron chi connectivity index (χ0n) is 12.3. The highest BCUT2D eigenvalue weighted by Gasteiger charge is 2.12. The van der Waals surface area contributed by atoms with Gasteiger partial charge in [0.05, 0.1) is 4.47 Å². The van der Waals surface area contributed by atoms with Crippen LogP contribution in [-0.4, -0.2) is 24.6 Å². The van der Waals surface area contributed by atoms with Crippen molar-refractivity contribution in [3.8, 4) is 5.75 Å². The zero-order chi connectivity index (χ0) is 15.1. The number of benzene rings is 1. The Morgan fingerprint density at radius 2 is 2.15 bits per heavy atom. The standard InChI is InChI=1S/C15H23BrN2O2/c1-4-11(3)18-14(19)9-20-15-12(8-10(2)17)6-5-7-13(15)16/h5-7,10-11H,4,8-9,17H2,1-3H3,(H,18,19). The number of carbonyl (C=O) groups is 1. The van der Waals surface area contributed by atoms with E-state index in [1.165, 1.54) is 0 Å². The summed E-state index contributed by atoms with van der Waals surface area (Å²) in [7, 11) is 0. The Balaban J connectivity index is 2.69. The Bertz CT molecular complexity index is 449. The molecule has 0 aromatic heterocycles. The van der Waals surface area contributed by atoms with Gasteiger partial charge in [-0.1, -0.05) is 19.1 Å². The SMILES string of the molecule is CCC(C)NC(=O)COc1c(Br)cccc1CC(C)N. The number of para-hydroxylation sites is 1. The Morgan fingerprint density at radius 1 is 1.45 bits per heavy atom. The topological polar surface area (TPSA) is 64.3 Å². The highest BCUT2D eigenvalue weighted by molar-refractivity contribution is 9.10. The third-order valence-corrected chi connectivity index (χ3v) is 3.58. The van der Waals surface area contributed by atoms with E-state index in [1.54, 1.807) is 0 Å². The molecule has 2 atom stereocenters. The molecule has 0 aliphatic rings. The Kier molecular flexibility index (Phi) is 7.02. The molecule has 1 aromatic carbocycles. The number of nitrogens with one attached hydrogen (secondary N) is 1. The van der Waals surface area contributed by atoms with E-state index in [2.05, 4.69) is 21.2 Å². The summed E-state index contributed by atoms with van der Waals surface area (Å²) in [6.07, 6.45) is 1.61. The average molecular weight is 343 g/mol. The molecule has 0 aliphatic heterocycles. The highest BCUT2D eigenvalue weighted by Crippen LogP contribution is 2.29. The molecule has 0 aliphatic carbocycles. The van der Waals surface area contributed by atoms with Crippen LogP contribution in [0.15, 0.2) is 22.7 Å². The van der Waals surface area contributed by atoms with Gasteiger partial charge in [0.15, 0.2) is 6.61 Å². The summed E-state index contributed by atoms with van der Waals surface area (Å²) in [5, 5.41) is 2.88. The number of carbonyl (C=O) groups excluding carboxylic acids is 1. The second kappa shape index (κ2) is 8.27. The molecule has 4 nitrogen and oxygen atoms in total. The van der Waals surface area contributed by atoms with Gasteiger partial charge in [-0.05, 0) is 54.2 Å². The van der Waals surface area contributed by atoms with Crippen molar-refractivity contribution in [3.05, 3.63) is 28.2 Å². The van der Waals surface area contributed by atoms with Crippen LogP contribution in [0.1, 0.15) is 32.8 Å². The van der Waals surface area contributed by atoms with Crippen LogP contribution in [0.5, 0.6) is 5.75 Å². The highest BCUT2D eigenvalue weighted by atomic mass is 79.9. The lowest BCUT2D eigenvalue weighted by Crippen LogP contribution is -2.35. The first-order valence-corrected chi connectivity index (χ1v) is 7.68. The van der Waals surface area contributed by atoms with Gasteiger partial charge in [0.1, 0.15) is 5.75 Å². The molecule has 1 amide bonds. The van der Waals surface area contributed by atoms with Gasteiger partial charge in [0.25, 0.3) is 5.91 Å². The molecule has 0 bridgehead atoms. The number of rotatable bonds is 7.